The van der Waals surface area contributed by atoms with E-state index in [0.717, 1.165) is 18.6 Å². The first-order chi connectivity index (χ1) is 7.24. The highest BCUT2D eigenvalue weighted by molar-refractivity contribution is 7.80. The fraction of sp³-hybridized carbons (Fsp3) is 0.500. The number of rotatable bonds is 4. The van der Waals surface area contributed by atoms with E-state index in [4.69, 9.17) is 0 Å². The minimum Gasteiger partial charge on any atom is -0.323 e. The van der Waals surface area contributed by atoms with Gasteiger partial charge in [-0.1, -0.05) is 0 Å². The van der Waals surface area contributed by atoms with Gasteiger partial charge in [-0.05, 0) is 24.0 Å². The largest absolute Gasteiger partial charge is 0.323 e. The Morgan fingerprint density at radius 2 is 2.13 bits per heavy atom. The van der Waals surface area contributed by atoms with Gasteiger partial charge >= 0.3 is 0 Å². The van der Waals surface area contributed by atoms with Gasteiger partial charge < -0.3 is 5.32 Å². The number of aromatic nitrogens is 2. The summed E-state index contributed by atoms with van der Waals surface area (Å²) in [6, 6.07) is 0. The average Bonchev–Trinajstić information content (AvgIpc) is 3.00. The number of nitrogens with one attached hydrogen (secondary N) is 1. The van der Waals surface area contributed by atoms with Crippen LogP contribution in [0.4, 0.5) is 5.69 Å². The van der Waals surface area contributed by atoms with Gasteiger partial charge in [0.2, 0.25) is 5.91 Å². The zero-order valence-corrected chi connectivity index (χ0v) is 9.20. The summed E-state index contributed by atoms with van der Waals surface area (Å²) in [5.74, 6) is 0.808. The van der Waals surface area contributed by atoms with E-state index in [1.807, 2.05) is 0 Å². The lowest BCUT2D eigenvalue weighted by molar-refractivity contribution is -0.117. The van der Waals surface area contributed by atoms with Crippen LogP contribution in [-0.2, 0) is 4.79 Å². The molecule has 1 aromatic heterocycles. The number of anilines is 1. The highest BCUT2D eigenvalue weighted by atomic mass is 32.1. The Hall–Kier alpha value is -1.10. The van der Waals surface area contributed by atoms with E-state index < -0.39 is 0 Å². The molecule has 0 bridgehead atoms. The SMILES string of the molecule is O=C(CC1(CS)CC1)Nc1cncnc1. The molecule has 80 valence electrons. The highest BCUT2D eigenvalue weighted by Gasteiger charge is 2.42. The maximum Gasteiger partial charge on any atom is 0.225 e. The van der Waals surface area contributed by atoms with Crippen LogP contribution < -0.4 is 5.32 Å². The molecule has 15 heavy (non-hydrogen) atoms. The number of carbonyl (C=O) groups is 1. The molecule has 4 nitrogen and oxygen atoms in total. The van der Waals surface area contributed by atoms with Crippen LogP contribution in [0, 0.1) is 5.41 Å². The summed E-state index contributed by atoms with van der Waals surface area (Å²) < 4.78 is 0. The quantitative estimate of drug-likeness (QED) is 0.761. The molecule has 1 aromatic rings. The molecule has 1 aliphatic rings. The third kappa shape index (κ3) is 2.68. The maximum atomic E-state index is 11.6. The normalized spacial score (nSPS) is 17.1. The minimum atomic E-state index is 0.0244. The van der Waals surface area contributed by atoms with Crippen molar-refractivity contribution in [2.24, 2.45) is 5.41 Å². The number of hydrogen-bond acceptors (Lipinski definition) is 4. The van der Waals surface area contributed by atoms with Gasteiger partial charge in [0.15, 0.2) is 0 Å². The molecule has 2 rings (SSSR count). The standard InChI is InChI=1S/C10H13N3OS/c14-9(3-10(6-15)1-2-10)13-8-4-11-7-12-5-8/h4-5,7,15H,1-3,6H2,(H,13,14). The van der Waals surface area contributed by atoms with Gasteiger partial charge in [0.05, 0.1) is 18.1 Å². The van der Waals surface area contributed by atoms with Crippen LogP contribution in [0.1, 0.15) is 19.3 Å². The third-order valence-corrected chi connectivity index (χ3v) is 3.34. The lowest BCUT2D eigenvalue weighted by atomic mass is 10.1. The lowest BCUT2D eigenvalue weighted by Gasteiger charge is -2.10. The molecule has 1 amide bonds. The van der Waals surface area contributed by atoms with Gasteiger partial charge in [-0.25, -0.2) is 9.97 Å². The Morgan fingerprint density at radius 3 is 2.67 bits per heavy atom. The van der Waals surface area contributed by atoms with Crippen LogP contribution in [0.25, 0.3) is 0 Å². The molecule has 1 N–H and O–H groups in total. The fourth-order valence-corrected chi connectivity index (χ4v) is 1.91. The number of hydrogen-bond donors (Lipinski definition) is 2. The van der Waals surface area contributed by atoms with Crippen molar-refractivity contribution in [1.82, 2.24) is 9.97 Å². The Morgan fingerprint density at radius 1 is 1.47 bits per heavy atom. The molecule has 1 aliphatic carbocycles. The second kappa shape index (κ2) is 4.18. The van der Waals surface area contributed by atoms with Crippen molar-refractivity contribution in [3.8, 4) is 0 Å². The first-order valence-electron chi connectivity index (χ1n) is 4.90. The molecule has 1 fully saturated rings. The smallest absolute Gasteiger partial charge is 0.225 e. The van der Waals surface area contributed by atoms with E-state index in [-0.39, 0.29) is 11.3 Å². The molecule has 0 aromatic carbocycles. The van der Waals surface area contributed by atoms with Crippen LogP contribution in [0.2, 0.25) is 0 Å². The molecule has 1 saturated carbocycles. The van der Waals surface area contributed by atoms with Crippen molar-refractivity contribution < 1.29 is 4.79 Å². The summed E-state index contributed by atoms with van der Waals surface area (Å²) >= 11 is 4.26. The van der Waals surface area contributed by atoms with E-state index in [1.165, 1.54) is 6.33 Å². The van der Waals surface area contributed by atoms with E-state index in [2.05, 4.69) is 27.9 Å². The molecule has 0 saturated heterocycles. The molecule has 1 heterocycles. The van der Waals surface area contributed by atoms with Crippen LogP contribution in [-0.4, -0.2) is 21.6 Å². The summed E-state index contributed by atoms with van der Waals surface area (Å²) in [5.41, 5.74) is 0.806. The molecular formula is C10H13N3OS. The third-order valence-electron chi connectivity index (χ3n) is 2.67. The van der Waals surface area contributed by atoms with Gasteiger partial charge in [-0.15, -0.1) is 0 Å². The number of thiol groups is 1. The van der Waals surface area contributed by atoms with Gasteiger partial charge in [-0.2, -0.15) is 12.6 Å². The summed E-state index contributed by atoms with van der Waals surface area (Å²) in [6.07, 6.45) is 7.37. The fourth-order valence-electron chi connectivity index (χ4n) is 1.48. The van der Waals surface area contributed by atoms with Crippen LogP contribution in [0.15, 0.2) is 18.7 Å². The Kier molecular flexibility index (Phi) is 2.90. The predicted octanol–water partition coefficient (Wildman–Crippen LogP) is 1.52. The zero-order valence-electron chi connectivity index (χ0n) is 8.31. The lowest BCUT2D eigenvalue weighted by Crippen LogP contribution is -2.18. The maximum absolute atomic E-state index is 11.6. The van der Waals surface area contributed by atoms with Crippen LogP contribution in [0.3, 0.4) is 0 Å². The first-order valence-corrected chi connectivity index (χ1v) is 5.53. The molecule has 0 aliphatic heterocycles. The predicted molar refractivity (Wildman–Crippen MR) is 60.8 cm³/mol. The molecule has 0 radical (unpaired) electrons. The number of carbonyl (C=O) groups excluding carboxylic acids is 1. The second-order valence-electron chi connectivity index (χ2n) is 4.01. The van der Waals surface area contributed by atoms with Crippen molar-refractivity contribution in [3.63, 3.8) is 0 Å². The highest BCUT2D eigenvalue weighted by Crippen LogP contribution is 2.49. The van der Waals surface area contributed by atoms with Crippen LogP contribution in [0.5, 0.6) is 0 Å². The van der Waals surface area contributed by atoms with Crippen molar-refractivity contribution in [2.45, 2.75) is 19.3 Å². The Bertz CT molecular complexity index is 351. The van der Waals surface area contributed by atoms with Crippen molar-refractivity contribution in [3.05, 3.63) is 18.7 Å². The van der Waals surface area contributed by atoms with E-state index in [1.54, 1.807) is 12.4 Å². The van der Waals surface area contributed by atoms with E-state index >= 15 is 0 Å². The van der Waals surface area contributed by atoms with Gasteiger partial charge in [-0.3, -0.25) is 4.79 Å². The topological polar surface area (TPSA) is 54.9 Å². The second-order valence-corrected chi connectivity index (χ2v) is 4.33. The van der Waals surface area contributed by atoms with Crippen molar-refractivity contribution >= 4 is 24.2 Å². The van der Waals surface area contributed by atoms with Gasteiger partial charge in [0.25, 0.3) is 0 Å². The van der Waals surface area contributed by atoms with E-state index in [0.29, 0.717) is 12.1 Å². The average molecular weight is 223 g/mol. The molecule has 0 unspecified atom stereocenters. The number of amides is 1. The summed E-state index contributed by atoms with van der Waals surface area (Å²) in [4.78, 5) is 19.3. The van der Waals surface area contributed by atoms with Crippen LogP contribution >= 0.6 is 12.6 Å². The van der Waals surface area contributed by atoms with Crippen molar-refractivity contribution in [1.29, 1.82) is 0 Å². The molecule has 0 spiro atoms. The summed E-state index contributed by atoms with van der Waals surface area (Å²) in [6.45, 7) is 0. The molecular weight excluding hydrogens is 210 g/mol. The monoisotopic (exact) mass is 223 g/mol. The molecule has 5 heteroatoms. The number of nitrogens with zero attached hydrogens (tertiary/aromatic N) is 2. The zero-order chi connectivity index (χ0) is 10.7. The van der Waals surface area contributed by atoms with Gasteiger partial charge in [0, 0.05) is 6.42 Å². The van der Waals surface area contributed by atoms with Gasteiger partial charge in [0.1, 0.15) is 6.33 Å². The minimum absolute atomic E-state index is 0.0244. The molecule has 0 atom stereocenters. The Labute approximate surface area is 93.9 Å². The summed E-state index contributed by atoms with van der Waals surface area (Å²) in [7, 11) is 0. The van der Waals surface area contributed by atoms with Crippen molar-refractivity contribution in [2.75, 3.05) is 11.1 Å². The van der Waals surface area contributed by atoms with E-state index in [9.17, 15) is 4.79 Å². The summed E-state index contributed by atoms with van der Waals surface area (Å²) in [5, 5.41) is 2.77. The Balaban J connectivity index is 1.88. The first kappa shape index (κ1) is 10.4.